The molecule has 1 heterocycles. The Morgan fingerprint density at radius 1 is 1.46 bits per heavy atom. The van der Waals surface area contributed by atoms with E-state index in [9.17, 15) is 5.11 Å². The molecule has 0 amide bonds. The van der Waals surface area contributed by atoms with Crippen molar-refractivity contribution in [3.63, 3.8) is 0 Å². The molecule has 13 heavy (non-hydrogen) atoms. The third kappa shape index (κ3) is 1.92. The van der Waals surface area contributed by atoms with Gasteiger partial charge in [-0.15, -0.1) is 0 Å². The fraction of sp³-hybridized carbons (Fsp3) is 0.500. The predicted molar refractivity (Wildman–Crippen MR) is 54.2 cm³/mol. The average Bonchev–Trinajstić information content (AvgIpc) is 2.01. The van der Waals surface area contributed by atoms with Gasteiger partial charge in [0, 0.05) is 22.4 Å². The number of hydrogen-bond acceptors (Lipinski definition) is 2. The van der Waals surface area contributed by atoms with Crippen molar-refractivity contribution >= 4 is 15.9 Å². The molecule has 3 heteroatoms. The fourth-order valence-electron chi connectivity index (χ4n) is 1.62. The first-order chi connectivity index (χ1) is 6.27. The SMILES string of the molecule is OC(c1cncc(Br)c1)C1CCC1. The molecule has 0 bridgehead atoms. The first-order valence-electron chi connectivity index (χ1n) is 4.56. The zero-order valence-corrected chi connectivity index (χ0v) is 8.87. The Kier molecular flexibility index (Phi) is 2.65. The second-order valence-electron chi connectivity index (χ2n) is 3.57. The molecule has 70 valence electrons. The van der Waals surface area contributed by atoms with Crippen LogP contribution in [0.25, 0.3) is 0 Å². The molecule has 1 atom stereocenters. The summed E-state index contributed by atoms with van der Waals surface area (Å²) in [6.07, 6.45) is 6.70. The molecule has 0 radical (unpaired) electrons. The average molecular weight is 242 g/mol. The third-order valence-electron chi connectivity index (χ3n) is 2.66. The largest absolute Gasteiger partial charge is 0.388 e. The number of pyridine rings is 1. The molecule has 1 aromatic rings. The molecule has 1 aromatic heterocycles. The van der Waals surface area contributed by atoms with Crippen LogP contribution in [0.15, 0.2) is 22.9 Å². The lowest BCUT2D eigenvalue weighted by atomic mass is 9.79. The van der Waals surface area contributed by atoms with Gasteiger partial charge in [0.1, 0.15) is 0 Å². The minimum Gasteiger partial charge on any atom is -0.388 e. The highest BCUT2D eigenvalue weighted by Gasteiger charge is 2.26. The molecule has 0 aromatic carbocycles. The second kappa shape index (κ2) is 3.76. The number of halogens is 1. The van der Waals surface area contributed by atoms with Crippen LogP contribution in [-0.4, -0.2) is 10.1 Å². The van der Waals surface area contributed by atoms with E-state index in [0.29, 0.717) is 5.92 Å². The van der Waals surface area contributed by atoms with Gasteiger partial charge < -0.3 is 5.11 Å². The van der Waals surface area contributed by atoms with Crippen LogP contribution in [0.3, 0.4) is 0 Å². The van der Waals surface area contributed by atoms with Crippen LogP contribution in [-0.2, 0) is 0 Å². The molecule has 1 aliphatic rings. The van der Waals surface area contributed by atoms with E-state index in [2.05, 4.69) is 20.9 Å². The van der Waals surface area contributed by atoms with Crippen LogP contribution in [0.4, 0.5) is 0 Å². The predicted octanol–water partition coefficient (Wildman–Crippen LogP) is 2.68. The van der Waals surface area contributed by atoms with Crippen molar-refractivity contribution in [2.24, 2.45) is 5.92 Å². The molecule has 1 unspecified atom stereocenters. The number of aliphatic hydroxyl groups excluding tert-OH is 1. The van der Waals surface area contributed by atoms with Gasteiger partial charge in [-0.25, -0.2) is 0 Å². The topological polar surface area (TPSA) is 33.1 Å². The van der Waals surface area contributed by atoms with E-state index in [1.165, 1.54) is 6.42 Å². The van der Waals surface area contributed by atoms with Crippen molar-refractivity contribution in [1.82, 2.24) is 4.98 Å². The molecule has 2 nitrogen and oxygen atoms in total. The minimum atomic E-state index is -0.321. The first kappa shape index (κ1) is 9.16. The quantitative estimate of drug-likeness (QED) is 0.864. The van der Waals surface area contributed by atoms with E-state index in [1.54, 1.807) is 12.4 Å². The van der Waals surface area contributed by atoms with E-state index in [4.69, 9.17) is 0 Å². The maximum atomic E-state index is 9.90. The zero-order chi connectivity index (χ0) is 9.26. The molecule has 1 N–H and O–H groups in total. The Labute approximate surface area is 86.1 Å². The Hall–Kier alpha value is -0.410. The van der Waals surface area contributed by atoms with Gasteiger partial charge >= 0.3 is 0 Å². The third-order valence-corrected chi connectivity index (χ3v) is 3.10. The van der Waals surface area contributed by atoms with Gasteiger partial charge in [-0.1, -0.05) is 6.42 Å². The molecule has 0 saturated heterocycles. The highest BCUT2D eigenvalue weighted by molar-refractivity contribution is 9.10. The molecule has 2 rings (SSSR count). The van der Waals surface area contributed by atoms with E-state index >= 15 is 0 Å². The van der Waals surface area contributed by atoms with Gasteiger partial charge in [0.25, 0.3) is 0 Å². The first-order valence-corrected chi connectivity index (χ1v) is 5.35. The molecular formula is C10H12BrNO. The van der Waals surface area contributed by atoms with Gasteiger partial charge in [-0.3, -0.25) is 4.98 Å². The maximum absolute atomic E-state index is 9.90. The monoisotopic (exact) mass is 241 g/mol. The highest BCUT2D eigenvalue weighted by Crippen LogP contribution is 2.37. The second-order valence-corrected chi connectivity index (χ2v) is 4.49. The Bertz CT molecular complexity index is 299. The number of aromatic nitrogens is 1. The molecule has 1 saturated carbocycles. The lowest BCUT2D eigenvalue weighted by Crippen LogP contribution is -2.20. The van der Waals surface area contributed by atoms with Crippen LogP contribution in [0, 0.1) is 5.92 Å². The number of aliphatic hydroxyl groups is 1. The smallest absolute Gasteiger partial charge is 0.0833 e. The summed E-state index contributed by atoms with van der Waals surface area (Å²) in [5, 5.41) is 9.90. The summed E-state index contributed by atoms with van der Waals surface area (Å²) in [6.45, 7) is 0. The molecule has 1 fully saturated rings. The lowest BCUT2D eigenvalue weighted by molar-refractivity contribution is 0.0618. The minimum absolute atomic E-state index is 0.321. The lowest BCUT2D eigenvalue weighted by Gasteiger charge is -2.30. The van der Waals surface area contributed by atoms with E-state index in [0.717, 1.165) is 22.9 Å². The van der Waals surface area contributed by atoms with E-state index < -0.39 is 0 Å². The standard InChI is InChI=1S/C10H12BrNO/c11-9-4-8(5-12-6-9)10(13)7-2-1-3-7/h4-7,10,13H,1-3H2. The Morgan fingerprint density at radius 3 is 2.77 bits per heavy atom. The van der Waals surface area contributed by atoms with Crippen molar-refractivity contribution in [2.45, 2.75) is 25.4 Å². The molecule has 1 aliphatic carbocycles. The van der Waals surface area contributed by atoms with E-state index in [-0.39, 0.29) is 6.10 Å². The van der Waals surface area contributed by atoms with Crippen LogP contribution < -0.4 is 0 Å². The summed E-state index contributed by atoms with van der Waals surface area (Å²) in [4.78, 5) is 4.04. The molecular weight excluding hydrogens is 230 g/mol. The highest BCUT2D eigenvalue weighted by atomic mass is 79.9. The van der Waals surface area contributed by atoms with Crippen LogP contribution >= 0.6 is 15.9 Å². The Morgan fingerprint density at radius 2 is 2.23 bits per heavy atom. The summed E-state index contributed by atoms with van der Waals surface area (Å²) in [6, 6.07) is 1.94. The van der Waals surface area contributed by atoms with Crippen LogP contribution in [0.2, 0.25) is 0 Å². The summed E-state index contributed by atoms with van der Waals surface area (Å²) in [5.41, 5.74) is 0.930. The van der Waals surface area contributed by atoms with Gasteiger partial charge in [-0.2, -0.15) is 0 Å². The van der Waals surface area contributed by atoms with E-state index in [1.807, 2.05) is 6.07 Å². The summed E-state index contributed by atoms with van der Waals surface area (Å²) >= 11 is 3.35. The summed E-state index contributed by atoms with van der Waals surface area (Å²) in [5.74, 6) is 0.455. The van der Waals surface area contributed by atoms with Gasteiger partial charge in [0.15, 0.2) is 0 Å². The van der Waals surface area contributed by atoms with Crippen LogP contribution in [0.1, 0.15) is 30.9 Å². The summed E-state index contributed by atoms with van der Waals surface area (Å²) < 4.78 is 0.934. The van der Waals surface area contributed by atoms with Crippen molar-refractivity contribution in [3.05, 3.63) is 28.5 Å². The van der Waals surface area contributed by atoms with Crippen molar-refractivity contribution in [3.8, 4) is 0 Å². The van der Waals surface area contributed by atoms with Gasteiger partial charge in [0.2, 0.25) is 0 Å². The Balaban J connectivity index is 2.14. The number of hydrogen-bond donors (Lipinski definition) is 1. The molecule has 0 spiro atoms. The normalized spacial score (nSPS) is 19.5. The fourth-order valence-corrected chi connectivity index (χ4v) is 2.00. The van der Waals surface area contributed by atoms with Gasteiger partial charge in [-0.05, 0) is 40.8 Å². The van der Waals surface area contributed by atoms with Gasteiger partial charge in [0.05, 0.1) is 6.10 Å². The number of rotatable bonds is 2. The number of nitrogens with zero attached hydrogens (tertiary/aromatic N) is 1. The van der Waals surface area contributed by atoms with Crippen molar-refractivity contribution < 1.29 is 5.11 Å². The van der Waals surface area contributed by atoms with Crippen molar-refractivity contribution in [1.29, 1.82) is 0 Å². The zero-order valence-electron chi connectivity index (χ0n) is 7.28. The van der Waals surface area contributed by atoms with Crippen LogP contribution in [0.5, 0.6) is 0 Å². The molecule has 0 aliphatic heterocycles. The maximum Gasteiger partial charge on any atom is 0.0833 e. The summed E-state index contributed by atoms with van der Waals surface area (Å²) in [7, 11) is 0. The van der Waals surface area contributed by atoms with Crippen molar-refractivity contribution in [2.75, 3.05) is 0 Å².